The normalized spacial score (nSPS) is 12.6. The van der Waals surface area contributed by atoms with E-state index in [1.54, 1.807) is 0 Å². The molecule has 0 bridgehead atoms. The van der Waals surface area contributed by atoms with Gasteiger partial charge in [0.1, 0.15) is 0 Å². The molecule has 2 unspecified atom stereocenters. The molecule has 2 rings (SSSR count). The summed E-state index contributed by atoms with van der Waals surface area (Å²) in [7, 11) is 0. The summed E-state index contributed by atoms with van der Waals surface area (Å²) in [5, 5.41) is 7.14. The van der Waals surface area contributed by atoms with Gasteiger partial charge < -0.3 is 10.6 Å². The minimum Gasteiger partial charge on any atom is -0.310 e. The predicted octanol–water partition coefficient (Wildman–Crippen LogP) is 4.92. The summed E-state index contributed by atoms with van der Waals surface area (Å²) in [6.45, 7) is 6.50. The van der Waals surface area contributed by atoms with E-state index in [0.717, 1.165) is 19.5 Å². The third-order valence-electron chi connectivity index (χ3n) is 3.85. The molecule has 2 aromatic carbocycles. The average Bonchev–Trinajstić information content (AvgIpc) is 2.55. The number of halogens is 2. The second-order valence-electron chi connectivity index (χ2n) is 5.53. The van der Waals surface area contributed by atoms with E-state index >= 15 is 0 Å². The van der Waals surface area contributed by atoms with Gasteiger partial charge in [-0.25, -0.2) is 0 Å². The molecule has 23 heavy (non-hydrogen) atoms. The zero-order valence-corrected chi connectivity index (χ0v) is 15.5. The van der Waals surface area contributed by atoms with Crippen molar-refractivity contribution in [2.75, 3.05) is 13.1 Å². The fourth-order valence-corrected chi connectivity index (χ4v) is 2.44. The fourth-order valence-electron chi connectivity index (χ4n) is 2.44. The van der Waals surface area contributed by atoms with Crippen LogP contribution in [0.1, 0.15) is 43.5 Å². The first-order valence-electron chi connectivity index (χ1n) is 7.84. The molecular weight excluding hydrogens is 327 g/mol. The lowest BCUT2D eigenvalue weighted by Crippen LogP contribution is -2.25. The van der Waals surface area contributed by atoms with Crippen LogP contribution in [0.15, 0.2) is 60.7 Å². The van der Waals surface area contributed by atoms with Crippen LogP contribution in [0.5, 0.6) is 0 Å². The van der Waals surface area contributed by atoms with Crippen LogP contribution >= 0.6 is 24.8 Å². The number of rotatable bonds is 8. The largest absolute Gasteiger partial charge is 0.310 e. The first-order chi connectivity index (χ1) is 10.3. The van der Waals surface area contributed by atoms with Crippen molar-refractivity contribution in [2.45, 2.75) is 32.4 Å². The Morgan fingerprint density at radius 3 is 1.35 bits per heavy atom. The lowest BCUT2D eigenvalue weighted by molar-refractivity contribution is 0.511. The van der Waals surface area contributed by atoms with E-state index in [1.807, 2.05) is 0 Å². The minimum absolute atomic E-state index is 0. The Morgan fingerprint density at radius 1 is 0.652 bits per heavy atom. The Morgan fingerprint density at radius 2 is 1.00 bits per heavy atom. The van der Waals surface area contributed by atoms with Gasteiger partial charge in [-0.05, 0) is 44.5 Å². The number of benzene rings is 2. The molecule has 0 amide bonds. The quantitative estimate of drug-likeness (QED) is 0.657. The molecule has 2 nitrogen and oxygen atoms in total. The second-order valence-corrected chi connectivity index (χ2v) is 5.53. The molecule has 2 N–H and O–H groups in total. The number of hydrogen-bond acceptors (Lipinski definition) is 2. The van der Waals surface area contributed by atoms with Gasteiger partial charge in [-0.3, -0.25) is 0 Å². The van der Waals surface area contributed by atoms with Crippen molar-refractivity contribution in [3.63, 3.8) is 0 Å². The molecule has 4 heteroatoms. The standard InChI is InChI=1S/C19H26N2.2ClH/c1-16(18-10-5-3-6-11-18)20-14-9-15-21-17(2)19-12-7-4-8-13-19;;/h3-8,10-13,16-17,20-21H,9,14-15H2,1-2H3;2*1H. The first-order valence-corrected chi connectivity index (χ1v) is 7.84. The van der Waals surface area contributed by atoms with Crippen LogP contribution in [0.3, 0.4) is 0 Å². The molecule has 0 aliphatic heterocycles. The van der Waals surface area contributed by atoms with E-state index in [-0.39, 0.29) is 24.8 Å². The molecule has 0 saturated carbocycles. The summed E-state index contributed by atoms with van der Waals surface area (Å²) in [6, 6.07) is 22.0. The van der Waals surface area contributed by atoms with Crippen LogP contribution < -0.4 is 10.6 Å². The van der Waals surface area contributed by atoms with Crippen molar-refractivity contribution in [1.82, 2.24) is 10.6 Å². The van der Waals surface area contributed by atoms with Gasteiger partial charge in [0, 0.05) is 12.1 Å². The zero-order chi connectivity index (χ0) is 14.9. The van der Waals surface area contributed by atoms with E-state index < -0.39 is 0 Å². The molecule has 0 aromatic heterocycles. The Bertz CT molecular complexity index is 458. The van der Waals surface area contributed by atoms with Crippen LogP contribution in [0, 0.1) is 0 Å². The molecule has 0 aliphatic carbocycles. The SMILES string of the molecule is CC(NCCCNC(C)c1ccccc1)c1ccccc1.Cl.Cl. The molecule has 0 aliphatic rings. The third kappa shape index (κ3) is 7.85. The van der Waals surface area contributed by atoms with E-state index in [2.05, 4.69) is 85.1 Å². The van der Waals surface area contributed by atoms with Crippen LogP contribution in [0.4, 0.5) is 0 Å². The first kappa shape index (κ1) is 21.9. The van der Waals surface area contributed by atoms with Gasteiger partial charge in [0.2, 0.25) is 0 Å². The maximum Gasteiger partial charge on any atom is 0.0291 e. The topological polar surface area (TPSA) is 24.1 Å². The summed E-state index contributed by atoms with van der Waals surface area (Å²) in [4.78, 5) is 0. The summed E-state index contributed by atoms with van der Waals surface area (Å²) < 4.78 is 0. The highest BCUT2D eigenvalue weighted by Gasteiger charge is 2.04. The minimum atomic E-state index is 0. The third-order valence-corrected chi connectivity index (χ3v) is 3.85. The van der Waals surface area contributed by atoms with Crippen LogP contribution in [0.2, 0.25) is 0 Å². The molecule has 128 valence electrons. The van der Waals surface area contributed by atoms with E-state index in [4.69, 9.17) is 0 Å². The molecule has 0 fully saturated rings. The molecule has 0 heterocycles. The van der Waals surface area contributed by atoms with Crippen molar-refractivity contribution < 1.29 is 0 Å². The Labute approximate surface area is 152 Å². The highest BCUT2D eigenvalue weighted by molar-refractivity contribution is 5.85. The molecule has 0 saturated heterocycles. The lowest BCUT2D eigenvalue weighted by Gasteiger charge is -2.16. The Hall–Kier alpha value is -1.06. The number of hydrogen-bond donors (Lipinski definition) is 2. The van der Waals surface area contributed by atoms with Crippen LogP contribution in [-0.2, 0) is 0 Å². The Balaban J connectivity index is 0.00000242. The van der Waals surface area contributed by atoms with Gasteiger partial charge in [0.25, 0.3) is 0 Å². The molecule has 0 spiro atoms. The highest BCUT2D eigenvalue weighted by Crippen LogP contribution is 2.12. The van der Waals surface area contributed by atoms with Crippen molar-refractivity contribution in [1.29, 1.82) is 0 Å². The van der Waals surface area contributed by atoms with Gasteiger partial charge in [-0.15, -0.1) is 24.8 Å². The molecule has 2 atom stereocenters. The maximum atomic E-state index is 3.57. The van der Waals surface area contributed by atoms with Crippen LogP contribution in [0.25, 0.3) is 0 Å². The number of nitrogens with one attached hydrogen (secondary N) is 2. The van der Waals surface area contributed by atoms with Gasteiger partial charge in [-0.1, -0.05) is 60.7 Å². The molecular formula is C19H28Cl2N2. The average molecular weight is 355 g/mol. The van der Waals surface area contributed by atoms with Crippen molar-refractivity contribution in [2.24, 2.45) is 0 Å². The van der Waals surface area contributed by atoms with Gasteiger partial charge in [0.05, 0.1) is 0 Å². The summed E-state index contributed by atoms with van der Waals surface area (Å²) in [5.41, 5.74) is 2.70. The Kier molecular flexibility index (Phi) is 11.8. The molecule has 0 radical (unpaired) electrons. The smallest absolute Gasteiger partial charge is 0.0291 e. The molecule has 2 aromatic rings. The van der Waals surface area contributed by atoms with Gasteiger partial charge >= 0.3 is 0 Å². The monoisotopic (exact) mass is 354 g/mol. The van der Waals surface area contributed by atoms with Crippen molar-refractivity contribution in [3.05, 3.63) is 71.8 Å². The highest BCUT2D eigenvalue weighted by atomic mass is 35.5. The summed E-state index contributed by atoms with van der Waals surface area (Å²) >= 11 is 0. The fraction of sp³-hybridized carbons (Fsp3) is 0.368. The van der Waals surface area contributed by atoms with E-state index in [9.17, 15) is 0 Å². The van der Waals surface area contributed by atoms with Crippen LogP contribution in [-0.4, -0.2) is 13.1 Å². The summed E-state index contributed by atoms with van der Waals surface area (Å²) in [5.74, 6) is 0. The maximum absolute atomic E-state index is 3.57. The zero-order valence-electron chi connectivity index (χ0n) is 13.9. The van der Waals surface area contributed by atoms with Gasteiger partial charge in [-0.2, -0.15) is 0 Å². The lowest BCUT2D eigenvalue weighted by atomic mass is 10.1. The second kappa shape index (κ2) is 12.4. The van der Waals surface area contributed by atoms with E-state index in [1.165, 1.54) is 11.1 Å². The predicted molar refractivity (Wildman–Crippen MR) is 105 cm³/mol. The summed E-state index contributed by atoms with van der Waals surface area (Å²) in [6.07, 6.45) is 1.13. The van der Waals surface area contributed by atoms with Crippen molar-refractivity contribution >= 4 is 24.8 Å². The van der Waals surface area contributed by atoms with Crippen molar-refractivity contribution in [3.8, 4) is 0 Å². The van der Waals surface area contributed by atoms with Gasteiger partial charge in [0.15, 0.2) is 0 Å². The van der Waals surface area contributed by atoms with E-state index in [0.29, 0.717) is 12.1 Å².